The second-order valence-corrected chi connectivity index (χ2v) is 7.82. The number of methoxy groups -OCH3 is 1. The number of nitrogens with zero attached hydrogens (tertiary/aromatic N) is 2. The standard InChI is InChI=1S/C19H29FN2O.2CH2O2/c1-21(2)17-8-13-10-18(11-14(13)9-17)22(3)12-15-7-16(20)5-6-19(15)23-4;2*2-1-3/h5-7,13-14,17-18H,8-12H2,1-4H3;2*1H,(H,2,3)/t13-,14+,17?,18?;;. The van der Waals surface area contributed by atoms with Crippen LogP contribution in [0.4, 0.5) is 4.39 Å². The minimum Gasteiger partial charge on any atom is -0.496 e. The van der Waals surface area contributed by atoms with Gasteiger partial charge in [0.1, 0.15) is 11.6 Å². The summed E-state index contributed by atoms with van der Waals surface area (Å²) in [4.78, 5) is 21.5. The van der Waals surface area contributed by atoms with Crippen LogP contribution in [0.5, 0.6) is 5.75 Å². The third kappa shape index (κ3) is 7.29. The van der Waals surface area contributed by atoms with Gasteiger partial charge in [-0.2, -0.15) is 0 Å². The predicted octanol–water partition coefficient (Wildman–Crippen LogP) is 2.79. The fraction of sp³-hybridized carbons (Fsp3) is 0.619. The molecule has 0 aromatic heterocycles. The molecule has 2 aliphatic carbocycles. The molecule has 0 heterocycles. The van der Waals surface area contributed by atoms with Crippen molar-refractivity contribution in [3.63, 3.8) is 0 Å². The topological polar surface area (TPSA) is 90.3 Å². The van der Waals surface area contributed by atoms with Crippen molar-refractivity contribution in [3.05, 3.63) is 29.6 Å². The van der Waals surface area contributed by atoms with Crippen molar-refractivity contribution in [2.45, 2.75) is 44.3 Å². The molecule has 4 atom stereocenters. The van der Waals surface area contributed by atoms with Crippen LogP contribution >= 0.6 is 0 Å². The van der Waals surface area contributed by atoms with Gasteiger partial charge >= 0.3 is 0 Å². The Balaban J connectivity index is 0.000000626. The summed E-state index contributed by atoms with van der Waals surface area (Å²) < 4.78 is 18.9. The smallest absolute Gasteiger partial charge is 0.290 e. The molecule has 3 rings (SSSR count). The van der Waals surface area contributed by atoms with E-state index in [1.54, 1.807) is 19.2 Å². The highest BCUT2D eigenvalue weighted by atomic mass is 19.1. The molecule has 7 nitrogen and oxygen atoms in total. The van der Waals surface area contributed by atoms with Crippen molar-refractivity contribution in [1.29, 1.82) is 0 Å². The monoisotopic (exact) mass is 412 g/mol. The maximum Gasteiger partial charge on any atom is 0.290 e. The van der Waals surface area contributed by atoms with Crippen LogP contribution < -0.4 is 4.74 Å². The van der Waals surface area contributed by atoms with Crippen molar-refractivity contribution in [3.8, 4) is 5.75 Å². The second kappa shape index (κ2) is 12.4. The molecule has 29 heavy (non-hydrogen) atoms. The molecule has 0 saturated heterocycles. The quantitative estimate of drug-likeness (QED) is 0.719. The number of halogens is 1. The molecule has 0 amide bonds. The summed E-state index contributed by atoms with van der Waals surface area (Å²) in [6.07, 6.45) is 5.24. The minimum atomic E-state index is -0.250. The van der Waals surface area contributed by atoms with Crippen LogP contribution in [0.2, 0.25) is 0 Å². The first-order chi connectivity index (χ1) is 13.8. The van der Waals surface area contributed by atoms with E-state index in [1.165, 1.54) is 31.7 Å². The van der Waals surface area contributed by atoms with Gasteiger partial charge in [-0.05, 0) is 76.9 Å². The number of ether oxygens (including phenoxy) is 1. The number of benzene rings is 1. The van der Waals surface area contributed by atoms with Gasteiger partial charge in [0.2, 0.25) is 0 Å². The van der Waals surface area contributed by atoms with E-state index in [-0.39, 0.29) is 18.8 Å². The van der Waals surface area contributed by atoms with Crippen LogP contribution in [0.25, 0.3) is 0 Å². The number of fused-ring (bicyclic) bond motifs is 1. The molecule has 0 radical (unpaired) electrons. The van der Waals surface area contributed by atoms with Gasteiger partial charge in [-0.1, -0.05) is 0 Å². The first-order valence-corrected chi connectivity index (χ1v) is 9.65. The first kappa shape index (κ1) is 24.8. The highest BCUT2D eigenvalue weighted by Gasteiger charge is 2.43. The molecule has 0 bridgehead atoms. The molecule has 1 aromatic rings. The summed E-state index contributed by atoms with van der Waals surface area (Å²) in [5, 5.41) is 13.8. The van der Waals surface area contributed by atoms with E-state index in [0.29, 0.717) is 6.04 Å². The van der Waals surface area contributed by atoms with Gasteiger partial charge < -0.3 is 19.8 Å². The Bertz CT molecular complexity index is 623. The van der Waals surface area contributed by atoms with Gasteiger partial charge in [0, 0.05) is 24.2 Å². The molecule has 0 spiro atoms. The number of hydrogen-bond donors (Lipinski definition) is 2. The Hall–Kier alpha value is -2.19. The zero-order valence-corrected chi connectivity index (χ0v) is 17.6. The molecule has 164 valence electrons. The highest BCUT2D eigenvalue weighted by molar-refractivity contribution is 5.34. The third-order valence-corrected chi connectivity index (χ3v) is 5.98. The summed E-state index contributed by atoms with van der Waals surface area (Å²) in [7, 11) is 8.22. The largest absolute Gasteiger partial charge is 0.496 e. The van der Waals surface area contributed by atoms with E-state index >= 15 is 0 Å². The van der Waals surface area contributed by atoms with E-state index in [9.17, 15) is 4.39 Å². The Morgan fingerprint density at radius 1 is 1.03 bits per heavy atom. The first-order valence-electron chi connectivity index (χ1n) is 9.65. The van der Waals surface area contributed by atoms with Crippen LogP contribution in [-0.2, 0) is 16.1 Å². The fourth-order valence-electron chi connectivity index (χ4n) is 4.60. The number of carbonyl (C=O) groups is 2. The van der Waals surface area contributed by atoms with Gasteiger partial charge in [0.15, 0.2) is 0 Å². The minimum absolute atomic E-state index is 0.189. The number of hydrogen-bond acceptors (Lipinski definition) is 5. The zero-order chi connectivity index (χ0) is 22.0. The maximum atomic E-state index is 13.5. The van der Waals surface area contributed by atoms with Gasteiger partial charge in [-0.3, -0.25) is 14.5 Å². The summed E-state index contributed by atoms with van der Waals surface area (Å²) in [5.41, 5.74) is 0.943. The van der Waals surface area contributed by atoms with Gasteiger partial charge in [0.25, 0.3) is 12.9 Å². The van der Waals surface area contributed by atoms with Crippen molar-refractivity contribution in [2.24, 2.45) is 11.8 Å². The normalized spacial score (nSPS) is 24.8. The highest BCUT2D eigenvalue weighted by Crippen LogP contribution is 2.46. The Labute approximate surface area is 172 Å². The van der Waals surface area contributed by atoms with Gasteiger partial charge in [0.05, 0.1) is 7.11 Å². The number of rotatable bonds is 5. The zero-order valence-electron chi connectivity index (χ0n) is 17.6. The Morgan fingerprint density at radius 2 is 1.52 bits per heavy atom. The van der Waals surface area contributed by atoms with Gasteiger partial charge in [-0.25, -0.2) is 4.39 Å². The average molecular weight is 413 g/mol. The lowest BCUT2D eigenvalue weighted by molar-refractivity contribution is -0.123. The van der Waals surface area contributed by atoms with Crippen LogP contribution in [0, 0.1) is 17.7 Å². The van der Waals surface area contributed by atoms with Crippen molar-refractivity contribution >= 4 is 12.9 Å². The molecular formula is C21H33FN2O5. The van der Waals surface area contributed by atoms with Crippen molar-refractivity contribution in [1.82, 2.24) is 9.80 Å². The Kier molecular flexibility index (Phi) is 10.6. The van der Waals surface area contributed by atoms with Crippen LogP contribution in [0.1, 0.15) is 31.2 Å². The Morgan fingerprint density at radius 3 is 1.97 bits per heavy atom. The fourth-order valence-corrected chi connectivity index (χ4v) is 4.60. The van der Waals surface area contributed by atoms with Crippen LogP contribution in [0.3, 0.4) is 0 Å². The van der Waals surface area contributed by atoms with E-state index in [2.05, 4.69) is 30.9 Å². The SMILES string of the molecule is COc1ccc(F)cc1CN(C)C1C[C@H]2CC(N(C)C)C[C@H]2C1.O=CO.O=CO. The molecule has 8 heteroatoms. The van der Waals surface area contributed by atoms with E-state index in [4.69, 9.17) is 24.5 Å². The average Bonchev–Trinajstić information content (AvgIpc) is 3.22. The summed E-state index contributed by atoms with van der Waals surface area (Å²) in [6, 6.07) is 6.17. The summed E-state index contributed by atoms with van der Waals surface area (Å²) in [6.45, 7) is 0.252. The molecule has 2 saturated carbocycles. The molecule has 0 aliphatic heterocycles. The van der Waals surface area contributed by atoms with Gasteiger partial charge in [-0.15, -0.1) is 0 Å². The number of carboxylic acid groups (broad SMARTS) is 2. The third-order valence-electron chi connectivity index (χ3n) is 5.98. The second-order valence-electron chi connectivity index (χ2n) is 7.82. The molecule has 1 aromatic carbocycles. The molecule has 2 fully saturated rings. The summed E-state index contributed by atoms with van der Waals surface area (Å²) >= 11 is 0. The van der Waals surface area contributed by atoms with E-state index < -0.39 is 0 Å². The lowest BCUT2D eigenvalue weighted by atomic mass is 10.0. The molecule has 2 aliphatic rings. The summed E-state index contributed by atoms with van der Waals surface area (Å²) in [5.74, 6) is 2.32. The van der Waals surface area contributed by atoms with Crippen LogP contribution in [-0.4, -0.2) is 73.3 Å². The lowest BCUT2D eigenvalue weighted by Crippen LogP contribution is -2.31. The maximum absolute atomic E-state index is 13.5. The lowest BCUT2D eigenvalue weighted by Gasteiger charge is -2.27. The molecule has 2 N–H and O–H groups in total. The van der Waals surface area contributed by atoms with E-state index in [0.717, 1.165) is 35.7 Å². The van der Waals surface area contributed by atoms with Crippen molar-refractivity contribution < 1.29 is 28.9 Å². The van der Waals surface area contributed by atoms with E-state index in [1.807, 2.05) is 0 Å². The van der Waals surface area contributed by atoms with Crippen LogP contribution in [0.15, 0.2) is 18.2 Å². The molecular weight excluding hydrogens is 379 g/mol. The predicted molar refractivity (Wildman–Crippen MR) is 109 cm³/mol. The molecule has 2 unspecified atom stereocenters. The van der Waals surface area contributed by atoms with Crippen molar-refractivity contribution in [2.75, 3.05) is 28.3 Å².